The number of halogens is 1. The Morgan fingerprint density at radius 1 is 1.50 bits per heavy atom. The molecular formula is C14H21BrN2S. The van der Waals surface area contributed by atoms with Crippen molar-refractivity contribution in [1.29, 1.82) is 0 Å². The van der Waals surface area contributed by atoms with Crippen molar-refractivity contribution in [2.45, 2.75) is 48.9 Å². The van der Waals surface area contributed by atoms with Gasteiger partial charge >= 0.3 is 0 Å². The molecule has 1 aromatic heterocycles. The van der Waals surface area contributed by atoms with Gasteiger partial charge in [0.2, 0.25) is 0 Å². The maximum atomic E-state index is 4.48. The van der Waals surface area contributed by atoms with E-state index in [1.165, 1.54) is 25.7 Å². The molecule has 2 rings (SSSR count). The van der Waals surface area contributed by atoms with Gasteiger partial charge in [-0.25, -0.2) is 4.98 Å². The summed E-state index contributed by atoms with van der Waals surface area (Å²) in [6, 6.07) is 4.66. The number of hydrogen-bond acceptors (Lipinski definition) is 3. The molecule has 1 aromatic rings. The Hall–Kier alpha value is -0.0600. The van der Waals surface area contributed by atoms with E-state index in [9.17, 15) is 0 Å². The average Bonchev–Trinajstić information content (AvgIpc) is 2.41. The minimum absolute atomic E-state index is 0.617. The quantitative estimate of drug-likeness (QED) is 0.900. The lowest BCUT2D eigenvalue weighted by Gasteiger charge is -2.35. The molecule has 2 nitrogen and oxygen atoms in total. The monoisotopic (exact) mass is 328 g/mol. The van der Waals surface area contributed by atoms with Gasteiger partial charge in [-0.3, -0.25) is 0 Å². The lowest BCUT2D eigenvalue weighted by Crippen LogP contribution is -2.40. The van der Waals surface area contributed by atoms with Crippen molar-refractivity contribution in [3.05, 3.63) is 22.8 Å². The van der Waals surface area contributed by atoms with E-state index in [0.29, 0.717) is 11.3 Å². The summed E-state index contributed by atoms with van der Waals surface area (Å²) in [7, 11) is 2.08. The molecule has 3 atom stereocenters. The molecule has 1 aliphatic carbocycles. The Morgan fingerprint density at radius 2 is 2.33 bits per heavy atom. The summed E-state index contributed by atoms with van der Waals surface area (Å²) < 4.78 is 1.11. The van der Waals surface area contributed by atoms with E-state index in [1.54, 1.807) is 0 Å². The van der Waals surface area contributed by atoms with E-state index in [0.717, 1.165) is 15.4 Å². The summed E-state index contributed by atoms with van der Waals surface area (Å²) in [6.45, 7) is 2.31. The molecule has 1 N–H and O–H groups in total. The van der Waals surface area contributed by atoms with Gasteiger partial charge < -0.3 is 5.32 Å². The second kappa shape index (κ2) is 6.92. The van der Waals surface area contributed by atoms with Gasteiger partial charge in [-0.1, -0.05) is 13.3 Å². The van der Waals surface area contributed by atoms with E-state index in [1.807, 2.05) is 24.0 Å². The molecule has 0 saturated heterocycles. The number of nitrogens with one attached hydrogen (secondary N) is 1. The van der Waals surface area contributed by atoms with Gasteiger partial charge in [-0.05, 0) is 60.3 Å². The normalized spacial score (nSPS) is 28.3. The van der Waals surface area contributed by atoms with E-state index in [-0.39, 0.29) is 0 Å². The predicted molar refractivity (Wildman–Crippen MR) is 82.1 cm³/mol. The molecule has 18 heavy (non-hydrogen) atoms. The first kappa shape index (κ1) is 14.4. The van der Waals surface area contributed by atoms with Crippen LogP contribution in [0.3, 0.4) is 0 Å². The molecule has 1 aliphatic rings. The van der Waals surface area contributed by atoms with Crippen LogP contribution in [-0.4, -0.2) is 23.3 Å². The first-order valence-corrected chi connectivity index (χ1v) is 8.36. The van der Waals surface area contributed by atoms with Crippen LogP contribution in [-0.2, 0) is 0 Å². The van der Waals surface area contributed by atoms with Crippen molar-refractivity contribution in [3.8, 4) is 0 Å². The van der Waals surface area contributed by atoms with Crippen molar-refractivity contribution in [2.75, 3.05) is 7.05 Å². The van der Waals surface area contributed by atoms with Crippen LogP contribution in [0.25, 0.3) is 0 Å². The third-order valence-electron chi connectivity index (χ3n) is 3.84. The first-order chi connectivity index (χ1) is 8.74. The molecule has 3 unspecified atom stereocenters. The maximum absolute atomic E-state index is 4.48. The largest absolute Gasteiger partial charge is 0.316 e. The van der Waals surface area contributed by atoms with E-state index >= 15 is 0 Å². The number of nitrogens with zero attached hydrogens (tertiary/aromatic N) is 1. The molecule has 1 saturated carbocycles. The number of rotatable bonds is 4. The smallest absolute Gasteiger partial charge is 0.110 e. The van der Waals surface area contributed by atoms with E-state index in [4.69, 9.17) is 0 Å². The average molecular weight is 329 g/mol. The zero-order valence-corrected chi connectivity index (χ0v) is 13.4. The fraction of sp³-hybridized carbons (Fsp3) is 0.643. The lowest BCUT2D eigenvalue weighted by atomic mass is 9.84. The third kappa shape index (κ3) is 3.49. The Bertz CT molecular complexity index is 386. The van der Waals surface area contributed by atoms with Crippen LogP contribution >= 0.6 is 27.7 Å². The van der Waals surface area contributed by atoms with Crippen LogP contribution < -0.4 is 5.32 Å². The number of aromatic nitrogens is 1. The molecule has 0 bridgehead atoms. The summed E-state index contributed by atoms with van der Waals surface area (Å²) in [6.07, 6.45) is 7.13. The van der Waals surface area contributed by atoms with Gasteiger partial charge in [-0.15, -0.1) is 11.8 Å². The van der Waals surface area contributed by atoms with E-state index in [2.05, 4.69) is 46.3 Å². The zero-order valence-electron chi connectivity index (χ0n) is 11.0. The highest BCUT2D eigenvalue weighted by Gasteiger charge is 2.30. The molecule has 0 radical (unpaired) electrons. The van der Waals surface area contributed by atoms with Crippen LogP contribution in [0.2, 0.25) is 0 Å². The van der Waals surface area contributed by atoms with Crippen LogP contribution in [0.15, 0.2) is 27.8 Å². The lowest BCUT2D eigenvalue weighted by molar-refractivity contribution is 0.304. The van der Waals surface area contributed by atoms with Gasteiger partial charge in [0, 0.05) is 22.0 Å². The number of hydrogen-bond donors (Lipinski definition) is 1. The minimum Gasteiger partial charge on any atom is -0.316 e. The van der Waals surface area contributed by atoms with Crippen molar-refractivity contribution >= 4 is 27.7 Å². The summed E-state index contributed by atoms with van der Waals surface area (Å²) in [4.78, 5) is 4.48. The van der Waals surface area contributed by atoms with Gasteiger partial charge in [0.15, 0.2) is 0 Å². The molecule has 0 aliphatic heterocycles. The van der Waals surface area contributed by atoms with Gasteiger partial charge in [-0.2, -0.15) is 0 Å². The van der Waals surface area contributed by atoms with Crippen molar-refractivity contribution in [1.82, 2.24) is 10.3 Å². The first-order valence-electron chi connectivity index (χ1n) is 6.69. The molecule has 0 amide bonds. The molecule has 1 heterocycles. The second-order valence-electron chi connectivity index (χ2n) is 4.93. The molecule has 0 aromatic carbocycles. The molecule has 0 spiro atoms. The summed E-state index contributed by atoms with van der Waals surface area (Å²) in [5.41, 5.74) is 0. The number of pyridine rings is 1. The van der Waals surface area contributed by atoms with Gasteiger partial charge in [0.25, 0.3) is 0 Å². The Kier molecular flexibility index (Phi) is 5.52. The Labute approximate surface area is 122 Å². The van der Waals surface area contributed by atoms with Crippen molar-refractivity contribution < 1.29 is 0 Å². The van der Waals surface area contributed by atoms with Gasteiger partial charge in [0.05, 0.1) is 0 Å². The standard InChI is InChI=1S/C14H21BrN2S/c1-3-10-6-7-12(16-2)13(9-10)18-14-11(15)5-4-8-17-14/h4-5,8,10,12-13,16H,3,6-7,9H2,1-2H3. The topological polar surface area (TPSA) is 24.9 Å². The fourth-order valence-corrected chi connectivity index (χ4v) is 4.57. The van der Waals surface area contributed by atoms with Crippen molar-refractivity contribution in [2.24, 2.45) is 5.92 Å². The molecule has 100 valence electrons. The highest BCUT2D eigenvalue weighted by molar-refractivity contribution is 9.10. The zero-order chi connectivity index (χ0) is 13.0. The summed E-state index contributed by atoms with van der Waals surface area (Å²) in [5, 5.41) is 5.24. The fourth-order valence-electron chi connectivity index (χ4n) is 2.64. The predicted octanol–water partition coefficient (Wildman–Crippen LogP) is 4.10. The minimum atomic E-state index is 0.617. The third-order valence-corrected chi connectivity index (χ3v) is 6.11. The highest BCUT2D eigenvalue weighted by atomic mass is 79.9. The number of thioether (sulfide) groups is 1. The van der Waals surface area contributed by atoms with Crippen LogP contribution in [0, 0.1) is 5.92 Å². The maximum Gasteiger partial charge on any atom is 0.110 e. The Balaban J connectivity index is 2.07. The molecular weight excluding hydrogens is 308 g/mol. The summed E-state index contributed by atoms with van der Waals surface area (Å²) >= 11 is 5.52. The Morgan fingerprint density at radius 3 is 3.00 bits per heavy atom. The summed E-state index contributed by atoms with van der Waals surface area (Å²) in [5.74, 6) is 0.884. The van der Waals surface area contributed by atoms with Crippen LogP contribution in [0.1, 0.15) is 32.6 Å². The van der Waals surface area contributed by atoms with E-state index < -0.39 is 0 Å². The molecule has 1 fully saturated rings. The van der Waals surface area contributed by atoms with Gasteiger partial charge in [0.1, 0.15) is 5.03 Å². The SMILES string of the molecule is CCC1CCC(NC)C(Sc2ncccc2Br)C1. The second-order valence-corrected chi connectivity index (χ2v) is 7.01. The molecule has 4 heteroatoms. The van der Waals surface area contributed by atoms with Crippen LogP contribution in [0.5, 0.6) is 0 Å². The highest BCUT2D eigenvalue weighted by Crippen LogP contribution is 2.38. The van der Waals surface area contributed by atoms with Crippen LogP contribution in [0.4, 0.5) is 0 Å². The van der Waals surface area contributed by atoms with Crippen molar-refractivity contribution in [3.63, 3.8) is 0 Å².